The van der Waals surface area contributed by atoms with E-state index in [9.17, 15) is 4.39 Å². The molecule has 1 aromatic carbocycles. The standard InChI is InChI=1S/C12H16FN/c1-4-9(2)14-10(3)11-5-7-12(13)8-6-11/h4-10,14H,1H2,2-3H3. The van der Waals surface area contributed by atoms with Crippen LogP contribution in [0, 0.1) is 5.82 Å². The molecule has 0 aliphatic carbocycles. The molecule has 0 fully saturated rings. The molecule has 1 aromatic rings. The molecule has 0 radical (unpaired) electrons. The molecule has 1 N–H and O–H groups in total. The first-order chi connectivity index (χ1) is 6.63. The molecule has 1 rings (SSSR count). The summed E-state index contributed by atoms with van der Waals surface area (Å²) < 4.78 is 12.6. The highest BCUT2D eigenvalue weighted by Crippen LogP contribution is 2.13. The first-order valence-corrected chi connectivity index (χ1v) is 4.77. The molecule has 2 heteroatoms. The Balaban J connectivity index is 2.64. The minimum Gasteiger partial charge on any atom is -0.304 e. The predicted molar refractivity (Wildman–Crippen MR) is 57.6 cm³/mol. The van der Waals surface area contributed by atoms with E-state index in [4.69, 9.17) is 0 Å². The van der Waals surface area contributed by atoms with Gasteiger partial charge in [0.1, 0.15) is 5.82 Å². The minimum absolute atomic E-state index is 0.197. The van der Waals surface area contributed by atoms with Crippen LogP contribution >= 0.6 is 0 Å². The van der Waals surface area contributed by atoms with Crippen LogP contribution in [0.5, 0.6) is 0 Å². The number of hydrogen-bond donors (Lipinski definition) is 1. The van der Waals surface area contributed by atoms with E-state index < -0.39 is 0 Å². The van der Waals surface area contributed by atoms with E-state index in [0.29, 0.717) is 0 Å². The quantitative estimate of drug-likeness (QED) is 0.725. The van der Waals surface area contributed by atoms with Gasteiger partial charge in [0, 0.05) is 12.1 Å². The second-order valence-electron chi connectivity index (χ2n) is 3.46. The van der Waals surface area contributed by atoms with Gasteiger partial charge in [0.2, 0.25) is 0 Å². The van der Waals surface area contributed by atoms with Crippen LogP contribution in [0.25, 0.3) is 0 Å². The zero-order chi connectivity index (χ0) is 10.6. The molecule has 14 heavy (non-hydrogen) atoms. The van der Waals surface area contributed by atoms with Gasteiger partial charge in [0.25, 0.3) is 0 Å². The Labute approximate surface area is 84.6 Å². The first-order valence-electron chi connectivity index (χ1n) is 4.77. The zero-order valence-corrected chi connectivity index (χ0v) is 8.63. The molecule has 76 valence electrons. The van der Waals surface area contributed by atoms with E-state index in [1.165, 1.54) is 12.1 Å². The molecule has 0 aliphatic rings. The molecule has 0 amide bonds. The minimum atomic E-state index is -0.197. The Morgan fingerprint density at radius 2 is 1.86 bits per heavy atom. The van der Waals surface area contributed by atoms with Crippen LogP contribution < -0.4 is 5.32 Å². The third kappa shape index (κ3) is 2.96. The van der Waals surface area contributed by atoms with E-state index in [-0.39, 0.29) is 17.9 Å². The van der Waals surface area contributed by atoms with Crippen LogP contribution in [0.2, 0.25) is 0 Å². The molecule has 1 nitrogen and oxygen atoms in total. The SMILES string of the molecule is C=CC(C)NC(C)c1ccc(F)cc1. The predicted octanol–water partition coefficient (Wildman–Crippen LogP) is 3.05. The second-order valence-corrected chi connectivity index (χ2v) is 3.46. The number of rotatable bonds is 4. The monoisotopic (exact) mass is 193 g/mol. The summed E-state index contributed by atoms with van der Waals surface area (Å²) in [6, 6.07) is 7.02. The van der Waals surface area contributed by atoms with Gasteiger partial charge in [-0.1, -0.05) is 18.2 Å². The van der Waals surface area contributed by atoms with Gasteiger partial charge in [-0.25, -0.2) is 4.39 Å². The van der Waals surface area contributed by atoms with Crippen LogP contribution in [0.1, 0.15) is 25.5 Å². The average Bonchev–Trinajstić information content (AvgIpc) is 2.18. The van der Waals surface area contributed by atoms with Crippen molar-refractivity contribution in [3.05, 3.63) is 48.3 Å². The van der Waals surface area contributed by atoms with Gasteiger partial charge in [-0.2, -0.15) is 0 Å². The van der Waals surface area contributed by atoms with Crippen molar-refractivity contribution in [2.75, 3.05) is 0 Å². The molecule has 0 saturated heterocycles. The molecule has 0 spiro atoms. The van der Waals surface area contributed by atoms with E-state index >= 15 is 0 Å². The third-order valence-corrected chi connectivity index (χ3v) is 2.24. The summed E-state index contributed by atoms with van der Waals surface area (Å²) in [5.41, 5.74) is 1.08. The molecule has 0 saturated carbocycles. The van der Waals surface area contributed by atoms with Gasteiger partial charge in [0.15, 0.2) is 0 Å². The second kappa shape index (κ2) is 4.91. The van der Waals surface area contributed by atoms with E-state index in [1.54, 1.807) is 12.1 Å². The van der Waals surface area contributed by atoms with E-state index in [1.807, 2.05) is 19.9 Å². The Morgan fingerprint density at radius 3 is 2.36 bits per heavy atom. The first kappa shape index (κ1) is 10.9. The fourth-order valence-corrected chi connectivity index (χ4v) is 1.31. The molecular formula is C12H16FN. The Morgan fingerprint density at radius 1 is 1.29 bits per heavy atom. The third-order valence-electron chi connectivity index (χ3n) is 2.24. The van der Waals surface area contributed by atoms with Gasteiger partial charge >= 0.3 is 0 Å². The van der Waals surface area contributed by atoms with Crippen LogP contribution in [0.3, 0.4) is 0 Å². The highest BCUT2D eigenvalue weighted by atomic mass is 19.1. The number of hydrogen-bond acceptors (Lipinski definition) is 1. The average molecular weight is 193 g/mol. The molecule has 0 aromatic heterocycles. The lowest BCUT2D eigenvalue weighted by atomic mass is 10.1. The van der Waals surface area contributed by atoms with Crippen molar-refractivity contribution in [2.45, 2.75) is 25.9 Å². The zero-order valence-electron chi connectivity index (χ0n) is 8.63. The fourth-order valence-electron chi connectivity index (χ4n) is 1.31. The van der Waals surface area contributed by atoms with E-state index in [2.05, 4.69) is 11.9 Å². The van der Waals surface area contributed by atoms with Gasteiger partial charge in [-0.05, 0) is 31.5 Å². The number of halogens is 1. The largest absolute Gasteiger partial charge is 0.304 e. The van der Waals surface area contributed by atoms with Crippen molar-refractivity contribution in [1.82, 2.24) is 5.32 Å². The molecule has 2 atom stereocenters. The summed E-state index contributed by atoms with van der Waals surface area (Å²) in [6.07, 6.45) is 1.85. The van der Waals surface area contributed by atoms with Crippen molar-refractivity contribution in [2.24, 2.45) is 0 Å². The van der Waals surface area contributed by atoms with Crippen molar-refractivity contribution < 1.29 is 4.39 Å². The number of benzene rings is 1. The summed E-state index contributed by atoms with van der Waals surface area (Å²) in [5.74, 6) is -0.197. The van der Waals surface area contributed by atoms with Crippen molar-refractivity contribution in [1.29, 1.82) is 0 Å². The van der Waals surface area contributed by atoms with Crippen molar-refractivity contribution in [3.8, 4) is 0 Å². The summed E-state index contributed by atoms with van der Waals surface area (Å²) >= 11 is 0. The van der Waals surface area contributed by atoms with Gasteiger partial charge in [-0.3, -0.25) is 0 Å². The maximum Gasteiger partial charge on any atom is 0.123 e. The lowest BCUT2D eigenvalue weighted by Crippen LogP contribution is -2.26. The van der Waals surface area contributed by atoms with Gasteiger partial charge < -0.3 is 5.32 Å². The summed E-state index contributed by atoms with van der Waals surface area (Å²) in [4.78, 5) is 0. The Hall–Kier alpha value is -1.15. The molecule has 2 unspecified atom stereocenters. The van der Waals surface area contributed by atoms with Gasteiger partial charge in [0.05, 0.1) is 0 Å². The fraction of sp³-hybridized carbons (Fsp3) is 0.333. The topological polar surface area (TPSA) is 12.0 Å². The van der Waals surface area contributed by atoms with Crippen molar-refractivity contribution in [3.63, 3.8) is 0 Å². The lowest BCUT2D eigenvalue weighted by molar-refractivity contribution is 0.535. The van der Waals surface area contributed by atoms with Crippen molar-refractivity contribution >= 4 is 0 Å². The van der Waals surface area contributed by atoms with Gasteiger partial charge in [-0.15, -0.1) is 6.58 Å². The Kier molecular flexibility index (Phi) is 3.84. The highest BCUT2D eigenvalue weighted by Gasteiger charge is 2.06. The highest BCUT2D eigenvalue weighted by molar-refractivity contribution is 5.19. The van der Waals surface area contributed by atoms with Crippen LogP contribution in [-0.4, -0.2) is 6.04 Å². The molecule has 0 aliphatic heterocycles. The van der Waals surface area contributed by atoms with Crippen LogP contribution in [-0.2, 0) is 0 Å². The van der Waals surface area contributed by atoms with Crippen LogP contribution in [0.4, 0.5) is 4.39 Å². The lowest BCUT2D eigenvalue weighted by Gasteiger charge is -2.17. The summed E-state index contributed by atoms with van der Waals surface area (Å²) in [7, 11) is 0. The molecular weight excluding hydrogens is 177 g/mol. The van der Waals surface area contributed by atoms with E-state index in [0.717, 1.165) is 5.56 Å². The molecule has 0 bridgehead atoms. The summed E-state index contributed by atoms with van der Waals surface area (Å²) in [5, 5.41) is 3.32. The Bertz CT molecular complexity index is 292. The maximum atomic E-state index is 12.6. The smallest absolute Gasteiger partial charge is 0.123 e. The molecule has 0 heterocycles. The maximum absolute atomic E-state index is 12.6. The normalized spacial score (nSPS) is 14.8. The van der Waals surface area contributed by atoms with Crippen LogP contribution in [0.15, 0.2) is 36.9 Å². The summed E-state index contributed by atoms with van der Waals surface area (Å²) in [6.45, 7) is 7.78. The number of nitrogens with one attached hydrogen (secondary N) is 1.